The van der Waals surface area contributed by atoms with E-state index in [2.05, 4.69) is 45.9 Å². The summed E-state index contributed by atoms with van der Waals surface area (Å²) in [6, 6.07) is 10.1. The summed E-state index contributed by atoms with van der Waals surface area (Å²) in [6.07, 6.45) is 6.31. The standard InChI is InChI=1S/C22H31N5O/c1-4-18-9-7-8-16-27(18)22-23-15-14-20(25-22)21(28)24-17-10-12-19(13-11-17)26(5-2)6-3/h10-15,18H,4-9,16H2,1-3H3,(H,24,28). The molecule has 1 saturated heterocycles. The lowest BCUT2D eigenvalue weighted by molar-refractivity contribution is 0.102. The molecule has 1 atom stereocenters. The van der Waals surface area contributed by atoms with Crippen molar-refractivity contribution >= 4 is 23.2 Å². The van der Waals surface area contributed by atoms with E-state index in [-0.39, 0.29) is 5.91 Å². The van der Waals surface area contributed by atoms with E-state index in [1.165, 1.54) is 6.42 Å². The van der Waals surface area contributed by atoms with Crippen LogP contribution in [0.1, 0.15) is 56.9 Å². The number of aromatic nitrogens is 2. The molecule has 1 aliphatic heterocycles. The third-order valence-electron chi connectivity index (χ3n) is 5.48. The summed E-state index contributed by atoms with van der Waals surface area (Å²) in [7, 11) is 0. The van der Waals surface area contributed by atoms with Gasteiger partial charge in [0.15, 0.2) is 0 Å². The number of nitrogens with zero attached hydrogens (tertiary/aromatic N) is 4. The van der Waals surface area contributed by atoms with Gasteiger partial charge in [-0.3, -0.25) is 4.79 Å². The minimum Gasteiger partial charge on any atom is -0.372 e. The molecule has 0 radical (unpaired) electrons. The van der Waals surface area contributed by atoms with E-state index in [4.69, 9.17) is 0 Å². The highest BCUT2D eigenvalue weighted by molar-refractivity contribution is 6.03. The fourth-order valence-corrected chi connectivity index (χ4v) is 3.84. The summed E-state index contributed by atoms with van der Waals surface area (Å²) in [4.78, 5) is 26.2. The Morgan fingerprint density at radius 3 is 2.57 bits per heavy atom. The van der Waals surface area contributed by atoms with E-state index in [1.807, 2.05) is 24.3 Å². The molecule has 1 aromatic heterocycles. The molecule has 0 saturated carbocycles. The Kier molecular flexibility index (Phi) is 6.85. The zero-order chi connectivity index (χ0) is 19.9. The van der Waals surface area contributed by atoms with Gasteiger partial charge in [0.1, 0.15) is 5.69 Å². The first-order chi connectivity index (χ1) is 13.7. The second kappa shape index (κ2) is 9.53. The van der Waals surface area contributed by atoms with Crippen LogP contribution in [-0.2, 0) is 0 Å². The van der Waals surface area contributed by atoms with Gasteiger partial charge in [-0.15, -0.1) is 0 Å². The first-order valence-electron chi connectivity index (χ1n) is 10.4. The van der Waals surface area contributed by atoms with Crippen molar-refractivity contribution in [3.05, 3.63) is 42.2 Å². The molecule has 6 heteroatoms. The van der Waals surface area contributed by atoms with Gasteiger partial charge in [0.05, 0.1) is 0 Å². The fourth-order valence-electron chi connectivity index (χ4n) is 3.84. The number of nitrogens with one attached hydrogen (secondary N) is 1. The van der Waals surface area contributed by atoms with Crippen molar-refractivity contribution in [3.8, 4) is 0 Å². The molecule has 1 amide bonds. The summed E-state index contributed by atoms with van der Waals surface area (Å²) >= 11 is 0. The van der Waals surface area contributed by atoms with Gasteiger partial charge in [-0.05, 0) is 69.9 Å². The molecule has 2 aromatic rings. The quantitative estimate of drug-likeness (QED) is 0.773. The van der Waals surface area contributed by atoms with Crippen LogP contribution in [0.15, 0.2) is 36.5 Å². The highest BCUT2D eigenvalue weighted by Crippen LogP contribution is 2.24. The van der Waals surface area contributed by atoms with E-state index in [9.17, 15) is 4.79 Å². The zero-order valence-electron chi connectivity index (χ0n) is 17.2. The highest BCUT2D eigenvalue weighted by Gasteiger charge is 2.23. The number of rotatable bonds is 7. The lowest BCUT2D eigenvalue weighted by atomic mass is 10.0. The SMILES string of the molecule is CCC1CCCCN1c1nccc(C(=O)Nc2ccc(N(CC)CC)cc2)n1. The van der Waals surface area contributed by atoms with Crippen molar-refractivity contribution in [1.29, 1.82) is 0 Å². The van der Waals surface area contributed by atoms with Crippen LogP contribution in [0.4, 0.5) is 17.3 Å². The molecule has 0 spiro atoms. The number of carbonyl (C=O) groups is 1. The van der Waals surface area contributed by atoms with E-state index >= 15 is 0 Å². The predicted octanol–water partition coefficient (Wildman–Crippen LogP) is 4.34. The van der Waals surface area contributed by atoms with Gasteiger partial charge in [-0.25, -0.2) is 9.97 Å². The Bertz CT molecular complexity index is 773. The second-order valence-corrected chi connectivity index (χ2v) is 7.17. The molecular weight excluding hydrogens is 350 g/mol. The highest BCUT2D eigenvalue weighted by atomic mass is 16.1. The van der Waals surface area contributed by atoms with Gasteiger partial charge in [0.2, 0.25) is 5.95 Å². The van der Waals surface area contributed by atoms with Crippen molar-refractivity contribution in [2.75, 3.05) is 34.8 Å². The van der Waals surface area contributed by atoms with Gasteiger partial charge < -0.3 is 15.1 Å². The van der Waals surface area contributed by atoms with E-state index in [0.717, 1.165) is 50.3 Å². The maximum Gasteiger partial charge on any atom is 0.274 e. The van der Waals surface area contributed by atoms with Crippen LogP contribution < -0.4 is 15.1 Å². The molecule has 6 nitrogen and oxygen atoms in total. The minimum absolute atomic E-state index is 0.204. The first kappa shape index (κ1) is 20.1. The minimum atomic E-state index is -0.204. The van der Waals surface area contributed by atoms with Gasteiger partial charge >= 0.3 is 0 Å². The van der Waals surface area contributed by atoms with Crippen molar-refractivity contribution < 1.29 is 4.79 Å². The molecule has 1 aromatic carbocycles. The summed E-state index contributed by atoms with van der Waals surface area (Å²) in [5.41, 5.74) is 2.33. The Morgan fingerprint density at radius 2 is 1.89 bits per heavy atom. The summed E-state index contributed by atoms with van der Waals surface area (Å²) in [5, 5.41) is 2.95. The van der Waals surface area contributed by atoms with E-state index in [1.54, 1.807) is 12.3 Å². The predicted molar refractivity (Wildman–Crippen MR) is 115 cm³/mol. The smallest absolute Gasteiger partial charge is 0.274 e. The topological polar surface area (TPSA) is 61.4 Å². The number of piperidine rings is 1. The largest absolute Gasteiger partial charge is 0.372 e. The lowest BCUT2D eigenvalue weighted by Crippen LogP contribution is -2.40. The van der Waals surface area contributed by atoms with Crippen LogP contribution in [0.2, 0.25) is 0 Å². The van der Waals surface area contributed by atoms with Crippen LogP contribution >= 0.6 is 0 Å². The molecule has 1 aliphatic rings. The van der Waals surface area contributed by atoms with Crippen molar-refractivity contribution in [1.82, 2.24) is 9.97 Å². The Morgan fingerprint density at radius 1 is 1.14 bits per heavy atom. The Hall–Kier alpha value is -2.63. The molecule has 3 rings (SSSR count). The van der Waals surface area contributed by atoms with Crippen molar-refractivity contribution in [2.24, 2.45) is 0 Å². The number of carbonyl (C=O) groups excluding carboxylic acids is 1. The van der Waals surface area contributed by atoms with Gasteiger partial charge in [-0.1, -0.05) is 6.92 Å². The molecule has 0 aliphatic carbocycles. The number of hydrogen-bond donors (Lipinski definition) is 1. The maximum atomic E-state index is 12.7. The summed E-state index contributed by atoms with van der Waals surface area (Å²) in [6.45, 7) is 9.34. The molecule has 1 fully saturated rings. The monoisotopic (exact) mass is 381 g/mol. The van der Waals surface area contributed by atoms with Crippen molar-refractivity contribution in [3.63, 3.8) is 0 Å². The average molecular weight is 382 g/mol. The van der Waals surface area contributed by atoms with Gasteiger partial charge in [-0.2, -0.15) is 0 Å². The third-order valence-corrected chi connectivity index (χ3v) is 5.48. The molecule has 1 unspecified atom stereocenters. The van der Waals surface area contributed by atoms with Crippen LogP contribution in [0.25, 0.3) is 0 Å². The van der Waals surface area contributed by atoms with Crippen molar-refractivity contribution in [2.45, 2.75) is 52.5 Å². The van der Waals surface area contributed by atoms with Gasteiger partial charge in [0.25, 0.3) is 5.91 Å². The number of hydrogen-bond acceptors (Lipinski definition) is 5. The van der Waals surface area contributed by atoms with Crippen LogP contribution in [0, 0.1) is 0 Å². The van der Waals surface area contributed by atoms with Crippen LogP contribution in [-0.4, -0.2) is 41.6 Å². The van der Waals surface area contributed by atoms with E-state index in [0.29, 0.717) is 17.7 Å². The van der Waals surface area contributed by atoms with Crippen LogP contribution in [0.5, 0.6) is 0 Å². The number of amides is 1. The normalized spacial score (nSPS) is 16.7. The summed E-state index contributed by atoms with van der Waals surface area (Å²) in [5.74, 6) is 0.459. The third kappa shape index (κ3) is 4.61. The average Bonchev–Trinajstić information content (AvgIpc) is 2.75. The number of anilines is 3. The molecule has 28 heavy (non-hydrogen) atoms. The fraction of sp³-hybridized carbons (Fsp3) is 0.500. The zero-order valence-corrected chi connectivity index (χ0v) is 17.2. The molecule has 1 N–H and O–H groups in total. The Labute approximate surface area is 168 Å². The molecular formula is C22H31N5O. The second-order valence-electron chi connectivity index (χ2n) is 7.17. The van der Waals surface area contributed by atoms with Crippen LogP contribution in [0.3, 0.4) is 0 Å². The molecule has 2 heterocycles. The summed E-state index contributed by atoms with van der Waals surface area (Å²) < 4.78 is 0. The lowest BCUT2D eigenvalue weighted by Gasteiger charge is -2.35. The van der Waals surface area contributed by atoms with Gasteiger partial charge in [0, 0.05) is 43.2 Å². The maximum absolute atomic E-state index is 12.7. The first-order valence-corrected chi connectivity index (χ1v) is 10.4. The molecule has 150 valence electrons. The Balaban J connectivity index is 1.71. The van der Waals surface area contributed by atoms with E-state index < -0.39 is 0 Å². The number of benzene rings is 1. The molecule has 0 bridgehead atoms.